The standard InChI is InChI=1S/C43H37N3S/c1-4-5-25-43(2,3)27-28-13-12-20-40(44-28)46-36-18-10-7-16-33(36)41-37(46)23-22-32-30-14-6-9-17-35(30)45(42(32)41)29-21-24-39-34(26-29)31-15-8-11-19-38(31)47-39/h6-24,26H,4-5,25,27H2,1-3H3. The third-order valence-electron chi connectivity index (χ3n) is 9.98. The van der Waals surface area contributed by atoms with E-state index in [1.54, 1.807) is 0 Å². The average Bonchev–Trinajstić information content (AvgIpc) is 3.74. The van der Waals surface area contributed by atoms with E-state index in [1.807, 2.05) is 11.3 Å². The molecule has 0 saturated carbocycles. The van der Waals surface area contributed by atoms with Crippen molar-refractivity contribution in [1.29, 1.82) is 0 Å². The topological polar surface area (TPSA) is 22.8 Å². The molecule has 0 radical (unpaired) electrons. The molecule has 9 aromatic rings. The van der Waals surface area contributed by atoms with Gasteiger partial charge in [-0.05, 0) is 72.9 Å². The maximum Gasteiger partial charge on any atom is 0.137 e. The summed E-state index contributed by atoms with van der Waals surface area (Å²) in [5.74, 6) is 0.980. The van der Waals surface area contributed by atoms with E-state index in [2.05, 4.69) is 151 Å². The SMILES string of the molecule is CCCCC(C)(C)Cc1cccc(-n2c3ccccc3c3c2ccc2c4ccccc4n(-c4ccc5sc6ccccc6c5c4)c23)n1. The van der Waals surface area contributed by atoms with Crippen molar-refractivity contribution in [3.05, 3.63) is 127 Å². The number of rotatable bonds is 7. The Morgan fingerprint density at radius 3 is 2.17 bits per heavy atom. The first kappa shape index (κ1) is 28.3. The first-order chi connectivity index (χ1) is 23.0. The zero-order valence-corrected chi connectivity index (χ0v) is 27.9. The Morgan fingerprint density at radius 2 is 1.34 bits per heavy atom. The third kappa shape index (κ3) is 4.50. The Balaban J connectivity index is 1.33. The van der Waals surface area contributed by atoms with Gasteiger partial charge in [-0.15, -0.1) is 11.3 Å². The van der Waals surface area contributed by atoms with Crippen molar-refractivity contribution < 1.29 is 0 Å². The molecule has 0 unspecified atom stereocenters. The van der Waals surface area contributed by atoms with E-state index < -0.39 is 0 Å². The molecule has 47 heavy (non-hydrogen) atoms. The van der Waals surface area contributed by atoms with Gasteiger partial charge < -0.3 is 4.57 Å². The van der Waals surface area contributed by atoms with Crippen LogP contribution in [0, 0.1) is 5.41 Å². The zero-order valence-electron chi connectivity index (χ0n) is 27.1. The monoisotopic (exact) mass is 627 g/mol. The molecule has 0 aliphatic carbocycles. The van der Waals surface area contributed by atoms with Crippen LogP contribution in [-0.2, 0) is 6.42 Å². The largest absolute Gasteiger partial charge is 0.309 e. The molecule has 3 nitrogen and oxygen atoms in total. The number of pyridine rings is 1. The van der Waals surface area contributed by atoms with Gasteiger partial charge in [0.1, 0.15) is 5.82 Å². The predicted octanol–water partition coefficient (Wildman–Crippen LogP) is 12.4. The van der Waals surface area contributed by atoms with Gasteiger partial charge in [0.05, 0.1) is 22.1 Å². The quantitative estimate of drug-likeness (QED) is 0.172. The fourth-order valence-corrected chi connectivity index (χ4v) is 8.89. The van der Waals surface area contributed by atoms with Crippen LogP contribution in [-0.4, -0.2) is 14.1 Å². The number of para-hydroxylation sites is 2. The lowest BCUT2D eigenvalue weighted by molar-refractivity contribution is 0.318. The Morgan fingerprint density at radius 1 is 0.617 bits per heavy atom. The van der Waals surface area contributed by atoms with E-state index in [-0.39, 0.29) is 5.41 Å². The van der Waals surface area contributed by atoms with Crippen LogP contribution in [0.15, 0.2) is 121 Å². The zero-order chi connectivity index (χ0) is 31.7. The highest BCUT2D eigenvalue weighted by atomic mass is 32.1. The minimum atomic E-state index is 0.213. The molecule has 0 saturated heterocycles. The number of hydrogen-bond acceptors (Lipinski definition) is 2. The van der Waals surface area contributed by atoms with Crippen molar-refractivity contribution in [2.75, 3.05) is 0 Å². The number of nitrogens with zero attached hydrogens (tertiary/aromatic N) is 3. The second-order valence-corrected chi connectivity index (χ2v) is 14.9. The molecule has 0 aliphatic heterocycles. The Hall–Kier alpha value is -4.93. The summed E-state index contributed by atoms with van der Waals surface area (Å²) in [5.41, 5.74) is 7.38. The maximum atomic E-state index is 5.33. The second-order valence-electron chi connectivity index (χ2n) is 13.8. The molecule has 0 N–H and O–H groups in total. The Bertz CT molecular complexity index is 2630. The van der Waals surface area contributed by atoms with Crippen molar-refractivity contribution in [2.24, 2.45) is 5.41 Å². The van der Waals surface area contributed by atoms with Crippen LogP contribution in [0.1, 0.15) is 45.7 Å². The third-order valence-corrected chi connectivity index (χ3v) is 11.1. The molecule has 4 heterocycles. The van der Waals surface area contributed by atoms with Crippen molar-refractivity contribution in [3.8, 4) is 11.5 Å². The smallest absolute Gasteiger partial charge is 0.137 e. The molecule has 0 fully saturated rings. The molecule has 0 spiro atoms. The first-order valence-electron chi connectivity index (χ1n) is 16.8. The summed E-state index contributed by atoms with van der Waals surface area (Å²) in [7, 11) is 0. The van der Waals surface area contributed by atoms with Gasteiger partial charge in [-0.1, -0.05) is 100 Å². The van der Waals surface area contributed by atoms with Crippen LogP contribution in [0.2, 0.25) is 0 Å². The predicted molar refractivity (Wildman–Crippen MR) is 203 cm³/mol. The highest BCUT2D eigenvalue weighted by molar-refractivity contribution is 7.25. The lowest BCUT2D eigenvalue weighted by atomic mass is 9.82. The molecule has 0 amide bonds. The van der Waals surface area contributed by atoms with Crippen LogP contribution in [0.5, 0.6) is 0 Å². The summed E-state index contributed by atoms with van der Waals surface area (Å²) >= 11 is 1.87. The van der Waals surface area contributed by atoms with Crippen molar-refractivity contribution in [1.82, 2.24) is 14.1 Å². The molecule has 0 aliphatic rings. The van der Waals surface area contributed by atoms with E-state index in [0.29, 0.717) is 0 Å². The van der Waals surface area contributed by atoms with Crippen molar-refractivity contribution in [3.63, 3.8) is 0 Å². The Labute approximate surface area is 278 Å². The minimum Gasteiger partial charge on any atom is -0.309 e. The second kappa shape index (κ2) is 10.8. The average molecular weight is 628 g/mol. The Kier molecular flexibility index (Phi) is 6.52. The van der Waals surface area contributed by atoms with Crippen LogP contribution in [0.4, 0.5) is 0 Å². The van der Waals surface area contributed by atoms with Gasteiger partial charge >= 0.3 is 0 Å². The molecule has 5 aromatic carbocycles. The van der Waals surface area contributed by atoms with Gasteiger partial charge in [0.2, 0.25) is 0 Å². The number of aromatic nitrogens is 3. The highest BCUT2D eigenvalue weighted by Crippen LogP contribution is 2.43. The molecule has 0 atom stereocenters. The summed E-state index contributed by atoms with van der Waals surface area (Å²) in [5, 5.41) is 7.68. The summed E-state index contributed by atoms with van der Waals surface area (Å²) in [4.78, 5) is 5.33. The fraction of sp³-hybridized carbons (Fsp3) is 0.186. The molecule has 9 rings (SSSR count). The van der Waals surface area contributed by atoms with Crippen LogP contribution >= 0.6 is 11.3 Å². The van der Waals surface area contributed by atoms with Gasteiger partial charge in [0.15, 0.2) is 0 Å². The number of unbranched alkanes of at least 4 members (excludes halogenated alkanes) is 1. The number of hydrogen-bond donors (Lipinski definition) is 0. The van der Waals surface area contributed by atoms with E-state index in [1.165, 1.54) is 88.7 Å². The number of benzene rings is 5. The van der Waals surface area contributed by atoms with Gasteiger partial charge in [0, 0.05) is 53.1 Å². The summed E-state index contributed by atoms with van der Waals surface area (Å²) in [6, 6.07) is 44.6. The van der Waals surface area contributed by atoms with Crippen molar-refractivity contribution in [2.45, 2.75) is 46.5 Å². The molecule has 4 aromatic heterocycles. The van der Waals surface area contributed by atoms with E-state index in [0.717, 1.165) is 17.9 Å². The first-order valence-corrected chi connectivity index (χ1v) is 17.7. The number of thiophene rings is 1. The van der Waals surface area contributed by atoms with Gasteiger partial charge in [-0.25, -0.2) is 4.98 Å². The lowest BCUT2D eigenvalue weighted by Crippen LogP contribution is -2.16. The molecule has 4 heteroatoms. The highest BCUT2D eigenvalue weighted by Gasteiger charge is 2.23. The molecular formula is C43H37N3S. The van der Waals surface area contributed by atoms with Gasteiger partial charge in [0.25, 0.3) is 0 Å². The minimum absolute atomic E-state index is 0.213. The fourth-order valence-electron chi connectivity index (χ4n) is 7.80. The molecule has 0 bridgehead atoms. The van der Waals surface area contributed by atoms with E-state index >= 15 is 0 Å². The normalized spacial score (nSPS) is 12.5. The summed E-state index contributed by atoms with van der Waals surface area (Å²) in [6.45, 7) is 7.03. The van der Waals surface area contributed by atoms with Crippen LogP contribution in [0.3, 0.4) is 0 Å². The van der Waals surface area contributed by atoms with E-state index in [9.17, 15) is 0 Å². The van der Waals surface area contributed by atoms with Crippen molar-refractivity contribution >= 4 is 75.1 Å². The summed E-state index contributed by atoms with van der Waals surface area (Å²) in [6.07, 6.45) is 4.65. The van der Waals surface area contributed by atoms with E-state index in [4.69, 9.17) is 4.98 Å². The van der Waals surface area contributed by atoms with Gasteiger partial charge in [-0.2, -0.15) is 0 Å². The lowest BCUT2D eigenvalue weighted by Gasteiger charge is -2.24. The van der Waals surface area contributed by atoms with Gasteiger partial charge in [-0.3, -0.25) is 4.57 Å². The summed E-state index contributed by atoms with van der Waals surface area (Å²) < 4.78 is 7.53. The van der Waals surface area contributed by atoms with Crippen LogP contribution < -0.4 is 0 Å². The maximum absolute atomic E-state index is 5.33. The molecule has 230 valence electrons. The molecular weight excluding hydrogens is 591 g/mol. The van der Waals surface area contributed by atoms with Crippen LogP contribution in [0.25, 0.3) is 75.3 Å². The number of fused-ring (bicyclic) bond motifs is 10.